The molecular formula is C11H14N4S2. The molecule has 0 aliphatic carbocycles. The van der Waals surface area contributed by atoms with E-state index in [0.717, 1.165) is 22.4 Å². The van der Waals surface area contributed by atoms with Crippen molar-refractivity contribution in [2.75, 3.05) is 18.1 Å². The fraction of sp³-hybridized carbons (Fsp3) is 0.364. The number of hydrogen-bond acceptors (Lipinski definition) is 6. The van der Waals surface area contributed by atoms with Crippen molar-refractivity contribution < 1.29 is 0 Å². The lowest BCUT2D eigenvalue weighted by molar-refractivity contribution is 0.790. The minimum atomic E-state index is 0.391. The number of anilines is 1. The Morgan fingerprint density at radius 2 is 2.29 bits per heavy atom. The molecule has 0 fully saturated rings. The van der Waals surface area contributed by atoms with Gasteiger partial charge in [0.1, 0.15) is 17.2 Å². The Bertz CT molecular complexity index is 458. The van der Waals surface area contributed by atoms with E-state index in [1.165, 1.54) is 0 Å². The third-order valence-electron chi connectivity index (χ3n) is 2.31. The summed E-state index contributed by atoms with van der Waals surface area (Å²) in [4.78, 5) is 12.6. The van der Waals surface area contributed by atoms with Gasteiger partial charge in [0.25, 0.3) is 0 Å². The van der Waals surface area contributed by atoms with Gasteiger partial charge in [-0.05, 0) is 6.26 Å². The van der Waals surface area contributed by atoms with Crippen molar-refractivity contribution in [3.63, 3.8) is 0 Å². The van der Waals surface area contributed by atoms with Crippen LogP contribution in [0.2, 0.25) is 0 Å². The molecule has 0 spiro atoms. The molecule has 2 aromatic heterocycles. The van der Waals surface area contributed by atoms with Gasteiger partial charge in [0.15, 0.2) is 0 Å². The van der Waals surface area contributed by atoms with Crippen LogP contribution in [0.25, 0.3) is 0 Å². The molecule has 2 heterocycles. The minimum Gasteiger partial charge on any atom is -0.369 e. The Morgan fingerprint density at radius 3 is 3.00 bits per heavy atom. The summed E-state index contributed by atoms with van der Waals surface area (Å²) in [6.45, 7) is 2.99. The smallest absolute Gasteiger partial charge is 0.130 e. The summed E-state index contributed by atoms with van der Waals surface area (Å²) in [5.41, 5.74) is 0. The Labute approximate surface area is 109 Å². The fourth-order valence-electron chi connectivity index (χ4n) is 1.37. The highest BCUT2D eigenvalue weighted by Crippen LogP contribution is 2.19. The lowest BCUT2D eigenvalue weighted by Gasteiger charge is -2.10. The van der Waals surface area contributed by atoms with Crippen molar-refractivity contribution in [1.29, 1.82) is 0 Å². The van der Waals surface area contributed by atoms with Crippen LogP contribution in [-0.2, 0) is 0 Å². The highest BCUT2D eigenvalue weighted by atomic mass is 32.2. The van der Waals surface area contributed by atoms with Crippen molar-refractivity contribution in [2.45, 2.75) is 17.9 Å². The first-order valence-electron chi connectivity index (χ1n) is 5.29. The van der Waals surface area contributed by atoms with E-state index in [4.69, 9.17) is 0 Å². The molecular weight excluding hydrogens is 252 g/mol. The van der Waals surface area contributed by atoms with Crippen molar-refractivity contribution in [1.82, 2.24) is 15.0 Å². The number of rotatable bonds is 5. The van der Waals surface area contributed by atoms with Crippen LogP contribution < -0.4 is 5.32 Å². The summed E-state index contributed by atoms with van der Waals surface area (Å²) >= 11 is 3.30. The van der Waals surface area contributed by atoms with E-state index >= 15 is 0 Å². The molecule has 1 atom stereocenters. The normalized spacial score (nSPS) is 12.4. The maximum Gasteiger partial charge on any atom is 0.130 e. The number of aromatic nitrogens is 3. The van der Waals surface area contributed by atoms with Crippen LogP contribution in [0.3, 0.4) is 0 Å². The third kappa shape index (κ3) is 3.41. The lowest BCUT2D eigenvalue weighted by atomic mass is 10.2. The molecule has 2 aromatic rings. The Balaban J connectivity index is 1.93. The highest BCUT2D eigenvalue weighted by molar-refractivity contribution is 7.98. The van der Waals surface area contributed by atoms with E-state index in [1.54, 1.807) is 29.4 Å². The second kappa shape index (κ2) is 5.97. The molecule has 1 N–H and O–H groups in total. The van der Waals surface area contributed by atoms with Gasteiger partial charge < -0.3 is 5.32 Å². The van der Waals surface area contributed by atoms with Gasteiger partial charge in [0.05, 0.1) is 5.01 Å². The highest BCUT2D eigenvalue weighted by Gasteiger charge is 2.08. The van der Waals surface area contributed by atoms with Crippen LogP contribution in [0, 0.1) is 0 Å². The van der Waals surface area contributed by atoms with Crippen LogP contribution >= 0.6 is 23.1 Å². The standard InChI is InChI=1S/C11H14N4S2/c1-8(11-12-3-4-17-11)6-13-9-5-10(16-2)15-7-14-9/h3-5,7-8H,6H2,1-2H3,(H,13,14,15). The van der Waals surface area contributed by atoms with E-state index in [-0.39, 0.29) is 0 Å². The maximum atomic E-state index is 4.30. The van der Waals surface area contributed by atoms with Gasteiger partial charge in [-0.1, -0.05) is 6.92 Å². The third-order valence-corrected chi connectivity index (χ3v) is 3.96. The van der Waals surface area contributed by atoms with Gasteiger partial charge in [0, 0.05) is 30.1 Å². The molecule has 2 rings (SSSR count). The van der Waals surface area contributed by atoms with Gasteiger partial charge in [-0.2, -0.15) is 0 Å². The molecule has 0 aliphatic rings. The summed E-state index contributed by atoms with van der Waals surface area (Å²) < 4.78 is 0. The van der Waals surface area contributed by atoms with Gasteiger partial charge in [-0.3, -0.25) is 0 Å². The van der Waals surface area contributed by atoms with Crippen molar-refractivity contribution in [3.05, 3.63) is 29.0 Å². The number of hydrogen-bond donors (Lipinski definition) is 1. The van der Waals surface area contributed by atoms with Gasteiger partial charge in [0.2, 0.25) is 0 Å². The Hall–Kier alpha value is -1.14. The van der Waals surface area contributed by atoms with Gasteiger partial charge in [-0.15, -0.1) is 23.1 Å². The van der Waals surface area contributed by atoms with Crippen molar-refractivity contribution >= 4 is 28.9 Å². The summed E-state index contributed by atoms with van der Waals surface area (Å²) in [5.74, 6) is 1.26. The maximum absolute atomic E-state index is 4.30. The zero-order valence-corrected chi connectivity index (χ0v) is 11.4. The zero-order chi connectivity index (χ0) is 12.1. The Morgan fingerprint density at radius 1 is 1.41 bits per heavy atom. The molecule has 0 amide bonds. The van der Waals surface area contributed by atoms with Crippen LogP contribution in [0.1, 0.15) is 17.8 Å². The molecule has 0 saturated heterocycles. The average molecular weight is 266 g/mol. The first-order valence-corrected chi connectivity index (χ1v) is 7.39. The number of thioether (sulfide) groups is 1. The molecule has 0 saturated carbocycles. The number of nitrogens with one attached hydrogen (secondary N) is 1. The fourth-order valence-corrected chi connectivity index (χ4v) is 2.45. The molecule has 17 heavy (non-hydrogen) atoms. The summed E-state index contributed by atoms with van der Waals surface area (Å²) in [7, 11) is 0. The monoisotopic (exact) mass is 266 g/mol. The summed E-state index contributed by atoms with van der Waals surface area (Å²) in [6.07, 6.45) is 5.43. The van der Waals surface area contributed by atoms with Crippen LogP contribution in [-0.4, -0.2) is 27.8 Å². The average Bonchev–Trinajstić information content (AvgIpc) is 2.90. The van der Waals surface area contributed by atoms with E-state index in [1.807, 2.05) is 23.9 Å². The predicted molar refractivity (Wildman–Crippen MR) is 72.8 cm³/mol. The first kappa shape index (κ1) is 12.3. The van der Waals surface area contributed by atoms with E-state index < -0.39 is 0 Å². The topological polar surface area (TPSA) is 50.7 Å². The zero-order valence-electron chi connectivity index (χ0n) is 9.75. The molecule has 6 heteroatoms. The molecule has 0 radical (unpaired) electrons. The van der Waals surface area contributed by atoms with Crippen molar-refractivity contribution in [3.8, 4) is 0 Å². The Kier molecular flexibility index (Phi) is 4.33. The molecule has 0 aromatic carbocycles. The lowest BCUT2D eigenvalue weighted by Crippen LogP contribution is -2.10. The van der Waals surface area contributed by atoms with Crippen molar-refractivity contribution in [2.24, 2.45) is 0 Å². The molecule has 0 bridgehead atoms. The van der Waals surface area contributed by atoms with Crippen LogP contribution in [0.4, 0.5) is 5.82 Å². The number of thiazole rings is 1. The molecule has 90 valence electrons. The summed E-state index contributed by atoms with van der Waals surface area (Å²) in [6, 6.07) is 1.96. The molecule has 4 nitrogen and oxygen atoms in total. The van der Waals surface area contributed by atoms with Crippen LogP contribution in [0.15, 0.2) is 29.0 Å². The van der Waals surface area contributed by atoms with E-state index in [2.05, 4.69) is 27.2 Å². The van der Waals surface area contributed by atoms with Crippen LogP contribution in [0.5, 0.6) is 0 Å². The quantitative estimate of drug-likeness (QED) is 0.666. The SMILES string of the molecule is CSc1cc(NCC(C)c2nccs2)ncn1. The van der Waals surface area contributed by atoms with Gasteiger partial charge in [-0.25, -0.2) is 15.0 Å². The minimum absolute atomic E-state index is 0.391. The second-order valence-corrected chi connectivity index (χ2v) is 5.35. The molecule has 0 aliphatic heterocycles. The number of nitrogens with zero attached hydrogens (tertiary/aromatic N) is 3. The predicted octanol–water partition coefficient (Wildman–Crippen LogP) is 2.87. The van der Waals surface area contributed by atoms with E-state index in [9.17, 15) is 0 Å². The van der Waals surface area contributed by atoms with Gasteiger partial charge >= 0.3 is 0 Å². The summed E-state index contributed by atoms with van der Waals surface area (Å²) in [5, 5.41) is 7.44. The van der Waals surface area contributed by atoms with E-state index in [0.29, 0.717) is 5.92 Å². The largest absolute Gasteiger partial charge is 0.369 e. The molecule has 1 unspecified atom stereocenters. The second-order valence-electron chi connectivity index (χ2n) is 3.60. The first-order chi connectivity index (χ1) is 8.29.